The first-order valence-electron chi connectivity index (χ1n) is 6.30. The number of hydrogen-bond donors (Lipinski definition) is 1. The van der Waals surface area contributed by atoms with E-state index >= 15 is 0 Å². The molecule has 0 aromatic heterocycles. The molecule has 0 bridgehead atoms. The summed E-state index contributed by atoms with van der Waals surface area (Å²) < 4.78 is 0. The van der Waals surface area contributed by atoms with Crippen LogP contribution in [-0.2, 0) is 4.84 Å². The van der Waals surface area contributed by atoms with Crippen molar-refractivity contribution < 1.29 is 9.63 Å². The van der Waals surface area contributed by atoms with E-state index in [1.807, 2.05) is 49.4 Å². The lowest BCUT2D eigenvalue weighted by atomic mass is 10.1. The van der Waals surface area contributed by atoms with Gasteiger partial charge in [-0.1, -0.05) is 53.2 Å². The second-order valence-corrected chi connectivity index (χ2v) is 4.41. The molecule has 0 heterocycles. The first-order chi connectivity index (χ1) is 9.65. The van der Waals surface area contributed by atoms with Gasteiger partial charge in [0.15, 0.2) is 0 Å². The van der Waals surface area contributed by atoms with Crippen LogP contribution in [0.15, 0.2) is 59.8 Å². The summed E-state index contributed by atoms with van der Waals surface area (Å²) in [6.45, 7) is 3.81. The van der Waals surface area contributed by atoms with Gasteiger partial charge in [-0.3, -0.25) is 10.2 Å². The zero-order valence-electron chi connectivity index (χ0n) is 11.5. The molecule has 0 aliphatic carbocycles. The Labute approximate surface area is 118 Å². The molecule has 0 radical (unpaired) electrons. The molecule has 0 saturated carbocycles. The highest BCUT2D eigenvalue weighted by molar-refractivity contribution is 5.98. The molecule has 0 unspecified atom stereocenters. The Hall–Kier alpha value is -2.62. The molecule has 0 aliphatic rings. The molecule has 4 nitrogen and oxygen atoms in total. The fraction of sp³-hybridized carbons (Fsp3) is 0.125. The third-order valence-electron chi connectivity index (χ3n) is 2.76. The summed E-state index contributed by atoms with van der Waals surface area (Å²) in [6, 6.07) is 16.9. The molecule has 1 N–H and O–H groups in total. The highest BCUT2D eigenvalue weighted by atomic mass is 16.7. The van der Waals surface area contributed by atoms with Gasteiger partial charge >= 0.3 is 6.09 Å². The van der Waals surface area contributed by atoms with Crippen molar-refractivity contribution in [3.8, 4) is 0 Å². The molecule has 2 aromatic carbocycles. The molecule has 102 valence electrons. The number of nitrogens with one attached hydrogen (secondary N) is 1. The predicted octanol–water partition coefficient (Wildman–Crippen LogP) is 3.97. The monoisotopic (exact) mass is 268 g/mol. The number of para-hydroxylation sites is 1. The van der Waals surface area contributed by atoms with Gasteiger partial charge in [0.05, 0.1) is 5.71 Å². The van der Waals surface area contributed by atoms with Gasteiger partial charge in [0, 0.05) is 5.69 Å². The highest BCUT2D eigenvalue weighted by Crippen LogP contribution is 2.07. The molecule has 0 aliphatic heterocycles. The van der Waals surface area contributed by atoms with Crippen LogP contribution in [-0.4, -0.2) is 11.8 Å². The molecule has 2 aromatic rings. The molecule has 4 heteroatoms. The van der Waals surface area contributed by atoms with Crippen molar-refractivity contribution in [2.24, 2.45) is 5.16 Å². The van der Waals surface area contributed by atoms with E-state index in [1.54, 1.807) is 19.1 Å². The number of hydrogen-bond acceptors (Lipinski definition) is 3. The minimum Gasteiger partial charge on any atom is -0.298 e. The minimum atomic E-state index is -0.609. The average molecular weight is 268 g/mol. The lowest BCUT2D eigenvalue weighted by molar-refractivity contribution is 0.166. The lowest BCUT2D eigenvalue weighted by Gasteiger charge is -2.03. The predicted molar refractivity (Wildman–Crippen MR) is 79.9 cm³/mol. The molecule has 0 saturated heterocycles. The fourth-order valence-electron chi connectivity index (χ4n) is 1.62. The van der Waals surface area contributed by atoms with Crippen molar-refractivity contribution in [1.82, 2.24) is 0 Å². The van der Waals surface area contributed by atoms with Crippen molar-refractivity contribution in [1.29, 1.82) is 0 Å². The number of amides is 1. The maximum Gasteiger partial charge on any atom is 0.437 e. The van der Waals surface area contributed by atoms with Gasteiger partial charge in [-0.15, -0.1) is 0 Å². The van der Waals surface area contributed by atoms with Crippen LogP contribution in [0.3, 0.4) is 0 Å². The third-order valence-corrected chi connectivity index (χ3v) is 2.76. The Balaban J connectivity index is 1.95. The number of aryl methyl sites for hydroxylation is 1. The number of rotatable bonds is 3. The summed E-state index contributed by atoms with van der Waals surface area (Å²) in [5.74, 6) is 0. The van der Waals surface area contributed by atoms with Crippen molar-refractivity contribution in [2.75, 3.05) is 5.32 Å². The molecule has 1 amide bonds. The molecule has 0 spiro atoms. The first-order valence-corrected chi connectivity index (χ1v) is 6.30. The van der Waals surface area contributed by atoms with Gasteiger partial charge in [0.1, 0.15) is 0 Å². The van der Waals surface area contributed by atoms with Crippen LogP contribution in [0.2, 0.25) is 0 Å². The Morgan fingerprint density at radius 3 is 2.35 bits per heavy atom. The maximum atomic E-state index is 11.6. The number of carbonyl (C=O) groups is 1. The number of carbonyl (C=O) groups excluding carboxylic acids is 1. The van der Waals surface area contributed by atoms with Gasteiger partial charge in [0.2, 0.25) is 0 Å². The van der Waals surface area contributed by atoms with Crippen molar-refractivity contribution >= 4 is 17.5 Å². The number of oxime groups is 1. The molecule has 2 rings (SSSR count). The van der Waals surface area contributed by atoms with Gasteiger partial charge < -0.3 is 0 Å². The van der Waals surface area contributed by atoms with Crippen LogP contribution in [0.5, 0.6) is 0 Å². The van der Waals surface area contributed by atoms with Crippen LogP contribution in [0.4, 0.5) is 10.5 Å². The summed E-state index contributed by atoms with van der Waals surface area (Å²) in [7, 11) is 0. The van der Waals surface area contributed by atoms with Gasteiger partial charge in [-0.25, -0.2) is 4.79 Å². The van der Waals surface area contributed by atoms with Crippen molar-refractivity contribution in [3.63, 3.8) is 0 Å². The highest BCUT2D eigenvalue weighted by Gasteiger charge is 2.03. The number of nitrogens with zero attached hydrogens (tertiary/aromatic N) is 1. The fourth-order valence-corrected chi connectivity index (χ4v) is 1.62. The van der Waals surface area contributed by atoms with Crippen molar-refractivity contribution in [2.45, 2.75) is 13.8 Å². The summed E-state index contributed by atoms with van der Waals surface area (Å²) >= 11 is 0. The smallest absolute Gasteiger partial charge is 0.298 e. The van der Waals surface area contributed by atoms with Gasteiger partial charge in [-0.05, 0) is 31.5 Å². The Morgan fingerprint density at radius 2 is 1.70 bits per heavy atom. The average Bonchev–Trinajstić information content (AvgIpc) is 2.46. The zero-order chi connectivity index (χ0) is 14.4. The van der Waals surface area contributed by atoms with Crippen LogP contribution < -0.4 is 5.32 Å². The molecular formula is C16H16N2O2. The lowest BCUT2D eigenvalue weighted by Crippen LogP contribution is -2.11. The first kappa shape index (κ1) is 13.8. The van der Waals surface area contributed by atoms with E-state index in [2.05, 4.69) is 10.5 Å². The molecular weight excluding hydrogens is 252 g/mol. The normalized spacial score (nSPS) is 11.0. The quantitative estimate of drug-likeness (QED) is 0.520. The maximum absolute atomic E-state index is 11.6. The van der Waals surface area contributed by atoms with E-state index < -0.39 is 6.09 Å². The van der Waals surface area contributed by atoms with E-state index in [4.69, 9.17) is 4.84 Å². The summed E-state index contributed by atoms with van der Waals surface area (Å²) in [4.78, 5) is 16.4. The summed E-state index contributed by atoms with van der Waals surface area (Å²) in [5.41, 5.74) is 3.40. The minimum absolute atomic E-state index is 0.609. The van der Waals surface area contributed by atoms with Crippen LogP contribution >= 0.6 is 0 Å². The molecule has 0 fully saturated rings. The van der Waals surface area contributed by atoms with Crippen LogP contribution in [0.1, 0.15) is 18.1 Å². The Kier molecular flexibility index (Phi) is 4.50. The van der Waals surface area contributed by atoms with Crippen LogP contribution in [0.25, 0.3) is 0 Å². The van der Waals surface area contributed by atoms with Crippen LogP contribution in [0, 0.1) is 6.92 Å². The Bertz CT molecular complexity index is 604. The number of anilines is 1. The molecule has 20 heavy (non-hydrogen) atoms. The summed E-state index contributed by atoms with van der Waals surface area (Å²) in [5, 5.41) is 6.41. The van der Waals surface area contributed by atoms with E-state index in [-0.39, 0.29) is 0 Å². The van der Waals surface area contributed by atoms with Gasteiger partial charge in [0.25, 0.3) is 0 Å². The number of benzene rings is 2. The topological polar surface area (TPSA) is 50.7 Å². The second-order valence-electron chi connectivity index (χ2n) is 4.41. The molecule has 0 atom stereocenters. The van der Waals surface area contributed by atoms with E-state index in [0.717, 1.165) is 5.56 Å². The third kappa shape index (κ3) is 3.95. The Morgan fingerprint density at radius 1 is 1.05 bits per heavy atom. The van der Waals surface area contributed by atoms with E-state index in [1.165, 1.54) is 5.56 Å². The SMILES string of the molecule is C/C(=N/OC(=O)Nc1ccccc1)c1ccc(C)cc1. The van der Waals surface area contributed by atoms with Gasteiger partial charge in [-0.2, -0.15) is 0 Å². The standard InChI is InChI=1S/C16H16N2O2/c1-12-8-10-14(11-9-12)13(2)18-20-16(19)17-15-6-4-3-5-7-15/h3-11H,1-2H3,(H,17,19)/b18-13-. The zero-order valence-corrected chi connectivity index (χ0v) is 11.5. The second kappa shape index (κ2) is 6.52. The van der Waals surface area contributed by atoms with E-state index in [0.29, 0.717) is 11.4 Å². The summed E-state index contributed by atoms with van der Waals surface area (Å²) in [6.07, 6.45) is -0.609. The van der Waals surface area contributed by atoms with E-state index in [9.17, 15) is 4.79 Å². The van der Waals surface area contributed by atoms with Crippen molar-refractivity contribution in [3.05, 3.63) is 65.7 Å². The largest absolute Gasteiger partial charge is 0.437 e.